The van der Waals surface area contributed by atoms with Crippen LogP contribution in [0.4, 0.5) is 0 Å². The number of amides is 1. The highest BCUT2D eigenvalue weighted by molar-refractivity contribution is 5.94. The third kappa shape index (κ3) is 5.58. The number of benzene rings is 2. The number of para-hydroxylation sites is 1. The van der Waals surface area contributed by atoms with Crippen molar-refractivity contribution in [3.63, 3.8) is 0 Å². The van der Waals surface area contributed by atoms with Crippen LogP contribution in [0.25, 0.3) is 0 Å². The molecule has 23 heavy (non-hydrogen) atoms. The summed E-state index contributed by atoms with van der Waals surface area (Å²) in [5.74, 6) is 0.694. The number of rotatable bonds is 6. The van der Waals surface area contributed by atoms with E-state index in [-0.39, 0.29) is 24.4 Å². The molecule has 5 heteroatoms. The fourth-order valence-electron chi connectivity index (χ4n) is 2.09. The zero-order chi connectivity index (χ0) is 15.9. The molecule has 0 bridgehead atoms. The van der Waals surface area contributed by atoms with Crippen molar-refractivity contribution in [1.82, 2.24) is 5.32 Å². The molecule has 2 aromatic rings. The fraction of sp³-hybridized carbons (Fsp3) is 0.278. The molecule has 0 fully saturated rings. The highest BCUT2D eigenvalue weighted by atomic mass is 35.5. The van der Waals surface area contributed by atoms with Crippen LogP contribution in [0.15, 0.2) is 48.5 Å². The number of nitrogens with one attached hydrogen (secondary N) is 1. The van der Waals surface area contributed by atoms with Crippen LogP contribution in [0.1, 0.15) is 35.3 Å². The van der Waals surface area contributed by atoms with Crippen molar-refractivity contribution in [2.75, 3.05) is 0 Å². The highest BCUT2D eigenvalue weighted by Gasteiger charge is 2.08. The van der Waals surface area contributed by atoms with Crippen LogP contribution in [-0.2, 0) is 13.1 Å². The largest absolute Gasteiger partial charge is 0.491 e. The molecule has 0 aliphatic heterocycles. The number of carbonyl (C=O) groups is 1. The van der Waals surface area contributed by atoms with Crippen molar-refractivity contribution in [1.29, 1.82) is 0 Å². The zero-order valence-corrected chi connectivity index (χ0v) is 14.2. The lowest BCUT2D eigenvalue weighted by Gasteiger charge is -2.14. The summed E-state index contributed by atoms with van der Waals surface area (Å²) in [5, 5.41) is 2.92. The summed E-state index contributed by atoms with van der Waals surface area (Å²) >= 11 is 0. The van der Waals surface area contributed by atoms with E-state index in [4.69, 9.17) is 10.5 Å². The van der Waals surface area contributed by atoms with Crippen molar-refractivity contribution in [3.05, 3.63) is 65.2 Å². The SMILES string of the molecule is CC(C)Oc1ccccc1CNC(=O)c1ccc(CN)cc1.Cl. The molecule has 0 heterocycles. The summed E-state index contributed by atoms with van der Waals surface area (Å²) in [5.41, 5.74) is 8.14. The molecule has 124 valence electrons. The van der Waals surface area contributed by atoms with Gasteiger partial charge in [-0.15, -0.1) is 12.4 Å². The second-order valence-electron chi connectivity index (χ2n) is 5.36. The molecule has 0 saturated heterocycles. The number of carbonyl (C=O) groups excluding carboxylic acids is 1. The van der Waals surface area contributed by atoms with Crippen LogP contribution in [0.2, 0.25) is 0 Å². The van der Waals surface area contributed by atoms with E-state index >= 15 is 0 Å². The molecule has 0 saturated carbocycles. The summed E-state index contributed by atoms with van der Waals surface area (Å²) in [4.78, 5) is 12.2. The van der Waals surface area contributed by atoms with Gasteiger partial charge in [0.05, 0.1) is 6.10 Å². The minimum Gasteiger partial charge on any atom is -0.491 e. The van der Waals surface area contributed by atoms with Crippen molar-refractivity contribution < 1.29 is 9.53 Å². The van der Waals surface area contributed by atoms with Gasteiger partial charge in [0.25, 0.3) is 5.91 Å². The fourth-order valence-corrected chi connectivity index (χ4v) is 2.09. The minimum absolute atomic E-state index is 0. The number of nitrogens with two attached hydrogens (primary N) is 1. The molecule has 0 radical (unpaired) electrons. The Kier molecular flexibility index (Phi) is 7.59. The number of hydrogen-bond donors (Lipinski definition) is 2. The average Bonchev–Trinajstić information content (AvgIpc) is 2.53. The Morgan fingerprint density at radius 3 is 2.39 bits per heavy atom. The Labute approximate surface area is 143 Å². The van der Waals surface area contributed by atoms with E-state index < -0.39 is 0 Å². The molecule has 2 rings (SSSR count). The summed E-state index contributed by atoms with van der Waals surface area (Å²) in [7, 11) is 0. The molecule has 0 aliphatic rings. The first-order chi connectivity index (χ1) is 10.6. The Morgan fingerprint density at radius 2 is 1.78 bits per heavy atom. The Morgan fingerprint density at radius 1 is 1.13 bits per heavy atom. The van der Waals surface area contributed by atoms with Gasteiger partial charge < -0.3 is 15.8 Å². The van der Waals surface area contributed by atoms with Crippen molar-refractivity contribution in [3.8, 4) is 5.75 Å². The van der Waals surface area contributed by atoms with E-state index in [9.17, 15) is 4.79 Å². The molecule has 3 N–H and O–H groups in total. The molecular weight excluding hydrogens is 312 g/mol. The van der Waals surface area contributed by atoms with Gasteiger partial charge in [-0.2, -0.15) is 0 Å². The van der Waals surface area contributed by atoms with E-state index in [1.807, 2.05) is 50.2 Å². The lowest BCUT2D eigenvalue weighted by atomic mass is 10.1. The van der Waals surface area contributed by atoms with E-state index in [0.29, 0.717) is 18.7 Å². The lowest BCUT2D eigenvalue weighted by molar-refractivity contribution is 0.0950. The minimum atomic E-state index is -0.108. The normalized spacial score (nSPS) is 10.1. The first kappa shape index (κ1) is 19.0. The zero-order valence-electron chi connectivity index (χ0n) is 13.4. The first-order valence-corrected chi connectivity index (χ1v) is 7.42. The average molecular weight is 335 g/mol. The van der Waals surface area contributed by atoms with Crippen LogP contribution in [0.5, 0.6) is 5.75 Å². The maximum absolute atomic E-state index is 12.2. The summed E-state index contributed by atoms with van der Waals surface area (Å²) in [6, 6.07) is 15.0. The molecule has 0 spiro atoms. The predicted octanol–water partition coefficient (Wildman–Crippen LogP) is 3.28. The summed E-state index contributed by atoms with van der Waals surface area (Å²) in [6.07, 6.45) is 0.0978. The molecule has 1 amide bonds. The van der Waals surface area contributed by atoms with E-state index in [1.54, 1.807) is 12.1 Å². The number of halogens is 1. The first-order valence-electron chi connectivity index (χ1n) is 7.42. The van der Waals surface area contributed by atoms with Crippen LogP contribution in [0, 0.1) is 0 Å². The molecule has 0 aliphatic carbocycles. The second kappa shape index (κ2) is 9.18. The van der Waals surface area contributed by atoms with Crippen molar-refractivity contribution in [2.24, 2.45) is 5.73 Å². The Bertz CT molecular complexity index is 627. The van der Waals surface area contributed by atoms with Gasteiger partial charge in [0.15, 0.2) is 0 Å². The maximum Gasteiger partial charge on any atom is 0.251 e. The molecule has 0 aromatic heterocycles. The Balaban J connectivity index is 0.00000264. The molecule has 4 nitrogen and oxygen atoms in total. The monoisotopic (exact) mass is 334 g/mol. The van der Waals surface area contributed by atoms with Gasteiger partial charge in [-0.3, -0.25) is 4.79 Å². The van der Waals surface area contributed by atoms with Crippen LogP contribution >= 0.6 is 12.4 Å². The maximum atomic E-state index is 12.2. The second-order valence-corrected chi connectivity index (χ2v) is 5.36. The third-order valence-electron chi connectivity index (χ3n) is 3.23. The van der Waals surface area contributed by atoms with Crippen LogP contribution < -0.4 is 15.8 Å². The van der Waals surface area contributed by atoms with E-state index in [1.165, 1.54) is 0 Å². The summed E-state index contributed by atoms with van der Waals surface area (Å²) < 4.78 is 5.75. The van der Waals surface area contributed by atoms with Crippen LogP contribution in [0.3, 0.4) is 0 Å². The van der Waals surface area contributed by atoms with Gasteiger partial charge in [0, 0.05) is 24.2 Å². The van der Waals surface area contributed by atoms with Crippen LogP contribution in [-0.4, -0.2) is 12.0 Å². The third-order valence-corrected chi connectivity index (χ3v) is 3.23. The number of hydrogen-bond acceptors (Lipinski definition) is 3. The van der Waals surface area contributed by atoms with Gasteiger partial charge in [-0.05, 0) is 37.6 Å². The number of ether oxygens (including phenoxy) is 1. The van der Waals surface area contributed by atoms with E-state index in [2.05, 4.69) is 5.32 Å². The van der Waals surface area contributed by atoms with Gasteiger partial charge in [-0.25, -0.2) is 0 Å². The standard InChI is InChI=1S/C18H22N2O2.ClH/c1-13(2)22-17-6-4-3-5-16(17)12-20-18(21)15-9-7-14(11-19)8-10-15;/h3-10,13H,11-12,19H2,1-2H3,(H,20,21);1H. The smallest absolute Gasteiger partial charge is 0.251 e. The predicted molar refractivity (Wildman–Crippen MR) is 95.0 cm³/mol. The quantitative estimate of drug-likeness (QED) is 0.852. The molecular formula is C18H23ClN2O2. The highest BCUT2D eigenvalue weighted by Crippen LogP contribution is 2.19. The van der Waals surface area contributed by atoms with E-state index in [0.717, 1.165) is 16.9 Å². The van der Waals surface area contributed by atoms with Gasteiger partial charge in [-0.1, -0.05) is 30.3 Å². The van der Waals surface area contributed by atoms with Crippen molar-refractivity contribution >= 4 is 18.3 Å². The lowest BCUT2D eigenvalue weighted by Crippen LogP contribution is -2.23. The summed E-state index contributed by atoms with van der Waals surface area (Å²) in [6.45, 7) is 4.87. The topological polar surface area (TPSA) is 64.3 Å². The van der Waals surface area contributed by atoms with Crippen molar-refractivity contribution in [2.45, 2.75) is 33.0 Å². The molecule has 2 aromatic carbocycles. The molecule has 0 atom stereocenters. The van der Waals surface area contributed by atoms with Gasteiger partial charge in [0.1, 0.15) is 5.75 Å². The molecule has 0 unspecified atom stereocenters. The Hall–Kier alpha value is -2.04. The van der Waals surface area contributed by atoms with Gasteiger partial charge >= 0.3 is 0 Å². The van der Waals surface area contributed by atoms with Gasteiger partial charge in [0.2, 0.25) is 0 Å².